The molecule has 2 aromatic rings. The Balaban J connectivity index is 1.68. The molecule has 0 atom stereocenters. The lowest BCUT2D eigenvalue weighted by atomic mass is 9.67. The maximum atomic E-state index is 10.00. The minimum Gasteiger partial charge on any atom is -0.197 e. The van der Waals surface area contributed by atoms with Gasteiger partial charge in [-0.25, -0.2) is 0 Å². The maximum Gasteiger partial charge on any atom is 0.0822 e. The van der Waals surface area contributed by atoms with E-state index in [-0.39, 0.29) is 5.41 Å². The molecule has 0 spiro atoms. The molecule has 0 saturated heterocycles. The van der Waals surface area contributed by atoms with Gasteiger partial charge in [-0.1, -0.05) is 88.1 Å². The number of rotatable bonds is 8. The van der Waals surface area contributed by atoms with Crippen LogP contribution in [0, 0.1) is 17.2 Å². The van der Waals surface area contributed by atoms with Crippen LogP contribution in [0.25, 0.3) is 11.1 Å². The van der Waals surface area contributed by atoms with Crippen LogP contribution in [0.15, 0.2) is 48.5 Å². The maximum absolute atomic E-state index is 10.00. The van der Waals surface area contributed by atoms with E-state index in [1.54, 1.807) is 0 Å². The van der Waals surface area contributed by atoms with Crippen molar-refractivity contribution in [3.05, 3.63) is 59.7 Å². The second-order valence-corrected chi connectivity index (χ2v) is 8.66. The summed E-state index contributed by atoms with van der Waals surface area (Å²) >= 11 is 0. The number of benzene rings is 2. The highest BCUT2D eigenvalue weighted by Gasteiger charge is 2.36. The standard InChI is InChI=1S/C27H35N/c1-3-5-7-22-9-11-24(12-10-22)25-13-15-26(16-14-25)27(21-28)19-17-23(18-20-27)8-6-4-2/h9-16,23H,3-8,17-20H2,1-2H3/t23-,27+. The van der Waals surface area contributed by atoms with Crippen LogP contribution in [0.3, 0.4) is 0 Å². The number of hydrogen-bond donors (Lipinski definition) is 0. The van der Waals surface area contributed by atoms with Gasteiger partial charge in [-0.05, 0) is 66.7 Å². The van der Waals surface area contributed by atoms with Crippen molar-refractivity contribution < 1.29 is 0 Å². The third-order valence-corrected chi connectivity index (χ3v) is 6.68. The first-order valence-electron chi connectivity index (χ1n) is 11.3. The molecule has 0 radical (unpaired) electrons. The number of unbranched alkanes of at least 4 members (excludes halogenated alkanes) is 2. The molecule has 0 amide bonds. The molecule has 0 bridgehead atoms. The molecule has 0 heterocycles. The van der Waals surface area contributed by atoms with Gasteiger partial charge in [-0.3, -0.25) is 0 Å². The van der Waals surface area contributed by atoms with E-state index in [0.29, 0.717) is 0 Å². The van der Waals surface area contributed by atoms with Crippen molar-refractivity contribution >= 4 is 0 Å². The summed E-state index contributed by atoms with van der Waals surface area (Å²) in [4.78, 5) is 0. The first-order valence-corrected chi connectivity index (χ1v) is 11.3. The van der Waals surface area contributed by atoms with E-state index >= 15 is 0 Å². The van der Waals surface area contributed by atoms with Crippen LogP contribution in [0.1, 0.15) is 82.8 Å². The van der Waals surface area contributed by atoms with Gasteiger partial charge in [0.25, 0.3) is 0 Å². The quantitative estimate of drug-likeness (QED) is 0.462. The molecule has 3 rings (SSSR count). The van der Waals surface area contributed by atoms with Gasteiger partial charge in [-0.2, -0.15) is 5.26 Å². The van der Waals surface area contributed by atoms with E-state index < -0.39 is 0 Å². The third-order valence-electron chi connectivity index (χ3n) is 6.68. The minimum absolute atomic E-state index is 0.273. The Labute approximate surface area is 171 Å². The fraction of sp³-hybridized carbons (Fsp3) is 0.519. The molecule has 1 fully saturated rings. The molecule has 0 aromatic heterocycles. The van der Waals surface area contributed by atoms with Gasteiger partial charge in [-0.15, -0.1) is 0 Å². The summed E-state index contributed by atoms with van der Waals surface area (Å²) in [7, 11) is 0. The number of hydrogen-bond acceptors (Lipinski definition) is 1. The molecule has 0 aliphatic heterocycles. The molecule has 28 heavy (non-hydrogen) atoms. The molecule has 1 aliphatic rings. The SMILES string of the molecule is CCCCc1ccc(-c2ccc([C@]3(C#N)CC[C@H](CCCC)CC3)cc2)cc1. The molecule has 0 unspecified atom stereocenters. The molecule has 1 nitrogen and oxygen atoms in total. The highest BCUT2D eigenvalue weighted by atomic mass is 14.4. The van der Waals surface area contributed by atoms with Crippen LogP contribution in [0.5, 0.6) is 0 Å². The highest BCUT2D eigenvalue weighted by Crippen LogP contribution is 2.43. The Morgan fingerprint density at radius 3 is 1.96 bits per heavy atom. The van der Waals surface area contributed by atoms with E-state index in [2.05, 4.69) is 68.4 Å². The molecule has 0 N–H and O–H groups in total. The lowest BCUT2D eigenvalue weighted by Gasteiger charge is -2.35. The minimum atomic E-state index is -0.273. The monoisotopic (exact) mass is 373 g/mol. The molecule has 1 saturated carbocycles. The van der Waals surface area contributed by atoms with Crippen molar-refractivity contribution in [2.24, 2.45) is 5.92 Å². The zero-order valence-electron chi connectivity index (χ0n) is 17.7. The van der Waals surface area contributed by atoms with Crippen LogP contribution in [0.4, 0.5) is 0 Å². The van der Waals surface area contributed by atoms with Crippen LogP contribution >= 0.6 is 0 Å². The fourth-order valence-electron chi connectivity index (χ4n) is 4.64. The number of aryl methyl sites for hydroxylation is 1. The van der Waals surface area contributed by atoms with Crippen molar-refractivity contribution in [2.75, 3.05) is 0 Å². The molecule has 2 aromatic carbocycles. The molecular formula is C27H35N. The zero-order chi connectivity index (χ0) is 19.8. The first-order chi connectivity index (χ1) is 13.7. The largest absolute Gasteiger partial charge is 0.197 e. The van der Waals surface area contributed by atoms with Gasteiger partial charge < -0.3 is 0 Å². The summed E-state index contributed by atoms with van der Waals surface area (Å²) in [6.07, 6.45) is 12.0. The smallest absolute Gasteiger partial charge is 0.0822 e. The Kier molecular flexibility index (Phi) is 7.32. The summed E-state index contributed by atoms with van der Waals surface area (Å²) in [5, 5.41) is 10.00. The molecular weight excluding hydrogens is 338 g/mol. The summed E-state index contributed by atoms with van der Waals surface area (Å²) in [5.74, 6) is 0.826. The first kappa shape index (κ1) is 20.7. The topological polar surface area (TPSA) is 23.8 Å². The van der Waals surface area contributed by atoms with Gasteiger partial charge >= 0.3 is 0 Å². The summed E-state index contributed by atoms with van der Waals surface area (Å²) in [5.41, 5.74) is 4.87. The Hall–Kier alpha value is -2.07. The van der Waals surface area contributed by atoms with Crippen LogP contribution in [0.2, 0.25) is 0 Å². The van der Waals surface area contributed by atoms with Gasteiger partial charge in [0, 0.05) is 0 Å². The summed E-state index contributed by atoms with van der Waals surface area (Å²) in [6, 6.07) is 20.5. The van der Waals surface area contributed by atoms with Crippen LogP contribution in [-0.2, 0) is 11.8 Å². The lowest BCUT2D eigenvalue weighted by Crippen LogP contribution is -2.30. The molecule has 1 heteroatoms. The highest BCUT2D eigenvalue weighted by molar-refractivity contribution is 5.64. The second kappa shape index (κ2) is 9.92. The summed E-state index contributed by atoms with van der Waals surface area (Å²) in [6.45, 7) is 4.50. The van der Waals surface area contributed by atoms with E-state index in [1.807, 2.05) is 0 Å². The van der Waals surface area contributed by atoms with Crippen molar-refractivity contribution in [2.45, 2.75) is 83.5 Å². The Morgan fingerprint density at radius 2 is 1.43 bits per heavy atom. The van der Waals surface area contributed by atoms with E-state index in [4.69, 9.17) is 0 Å². The second-order valence-electron chi connectivity index (χ2n) is 8.66. The van der Waals surface area contributed by atoms with Crippen molar-refractivity contribution in [3.8, 4) is 17.2 Å². The Morgan fingerprint density at radius 1 is 0.857 bits per heavy atom. The van der Waals surface area contributed by atoms with E-state index in [0.717, 1.165) is 18.8 Å². The average Bonchev–Trinajstić information content (AvgIpc) is 2.77. The molecule has 1 aliphatic carbocycles. The van der Waals surface area contributed by atoms with Crippen molar-refractivity contribution in [3.63, 3.8) is 0 Å². The zero-order valence-corrected chi connectivity index (χ0v) is 17.7. The third kappa shape index (κ3) is 4.85. The fourth-order valence-corrected chi connectivity index (χ4v) is 4.64. The Bertz CT molecular complexity index is 755. The molecule has 148 valence electrons. The predicted octanol–water partition coefficient (Wildman–Crippen LogP) is 7.84. The van der Waals surface area contributed by atoms with Crippen molar-refractivity contribution in [1.29, 1.82) is 5.26 Å². The normalized spacial score (nSPS) is 22.0. The van der Waals surface area contributed by atoms with Gasteiger partial charge in [0.2, 0.25) is 0 Å². The van der Waals surface area contributed by atoms with Gasteiger partial charge in [0.05, 0.1) is 11.5 Å². The average molecular weight is 374 g/mol. The number of nitrogens with zero attached hydrogens (tertiary/aromatic N) is 1. The predicted molar refractivity (Wildman–Crippen MR) is 119 cm³/mol. The van der Waals surface area contributed by atoms with E-state index in [1.165, 1.54) is 73.6 Å². The summed E-state index contributed by atoms with van der Waals surface area (Å²) < 4.78 is 0. The van der Waals surface area contributed by atoms with Gasteiger partial charge in [0.1, 0.15) is 0 Å². The van der Waals surface area contributed by atoms with Gasteiger partial charge in [0.15, 0.2) is 0 Å². The number of nitriles is 1. The van der Waals surface area contributed by atoms with Crippen molar-refractivity contribution in [1.82, 2.24) is 0 Å². The lowest BCUT2D eigenvalue weighted by molar-refractivity contribution is 0.263. The van der Waals surface area contributed by atoms with E-state index in [9.17, 15) is 5.26 Å². The van der Waals surface area contributed by atoms with Crippen LogP contribution in [-0.4, -0.2) is 0 Å². The van der Waals surface area contributed by atoms with Crippen LogP contribution < -0.4 is 0 Å².